The van der Waals surface area contributed by atoms with Gasteiger partial charge in [0.1, 0.15) is 12.4 Å². The maximum absolute atomic E-state index is 10.2. The molecule has 0 spiro atoms. The van der Waals surface area contributed by atoms with Gasteiger partial charge in [-0.05, 0) is 23.3 Å². The van der Waals surface area contributed by atoms with E-state index < -0.39 is 12.6 Å². The van der Waals surface area contributed by atoms with Gasteiger partial charge in [0.25, 0.3) is 0 Å². The van der Waals surface area contributed by atoms with Crippen LogP contribution in [0.15, 0.2) is 54.6 Å². The molecule has 86 valence electrons. The molecule has 0 aliphatic rings. The van der Waals surface area contributed by atoms with E-state index >= 15 is 0 Å². The molecule has 3 nitrogen and oxygen atoms in total. The van der Waals surface area contributed by atoms with Crippen molar-refractivity contribution >= 4 is 5.97 Å². The van der Waals surface area contributed by atoms with Gasteiger partial charge in [0.05, 0.1) is 5.97 Å². The molecule has 0 heterocycles. The summed E-state index contributed by atoms with van der Waals surface area (Å²) in [5.41, 5.74) is 2.17. The molecular weight excluding hydrogens is 223 g/mol. The normalized spacial score (nSPS) is 9.33. The monoisotopic (exact) mass is 234 g/mol. The Balaban J connectivity index is 0.00000162. The Kier molecular flexibility index (Phi) is 5.51. The SMILES string of the molecule is O=C([O-])COc1ccc(-c2ccccc2)cc1.[Li+]. The van der Waals surface area contributed by atoms with E-state index in [1.807, 2.05) is 42.5 Å². The topological polar surface area (TPSA) is 49.4 Å². The molecule has 0 saturated carbocycles. The van der Waals surface area contributed by atoms with Gasteiger partial charge in [0, 0.05) is 0 Å². The summed E-state index contributed by atoms with van der Waals surface area (Å²) in [7, 11) is 0. The predicted octanol–water partition coefficient (Wildman–Crippen LogP) is -1.51. The third-order valence-electron chi connectivity index (χ3n) is 2.32. The first kappa shape index (κ1) is 14.4. The van der Waals surface area contributed by atoms with Gasteiger partial charge in [0.15, 0.2) is 0 Å². The van der Waals surface area contributed by atoms with Crippen LogP contribution >= 0.6 is 0 Å². The molecule has 0 bridgehead atoms. The minimum atomic E-state index is -1.22. The van der Waals surface area contributed by atoms with Crippen LogP contribution in [-0.4, -0.2) is 12.6 Å². The molecule has 0 N–H and O–H groups in total. The smallest absolute Gasteiger partial charge is 0.546 e. The fourth-order valence-electron chi connectivity index (χ4n) is 1.52. The van der Waals surface area contributed by atoms with Gasteiger partial charge >= 0.3 is 18.9 Å². The Morgan fingerprint density at radius 1 is 0.944 bits per heavy atom. The van der Waals surface area contributed by atoms with E-state index in [0.717, 1.165) is 11.1 Å². The van der Waals surface area contributed by atoms with Crippen LogP contribution in [0.25, 0.3) is 11.1 Å². The number of hydrogen-bond acceptors (Lipinski definition) is 3. The summed E-state index contributed by atoms with van der Waals surface area (Å²) >= 11 is 0. The Bertz CT molecular complexity index is 494. The molecule has 0 aliphatic carbocycles. The van der Waals surface area contributed by atoms with E-state index in [1.54, 1.807) is 12.1 Å². The Morgan fingerprint density at radius 3 is 2.06 bits per heavy atom. The number of carboxylic acids is 1. The zero-order chi connectivity index (χ0) is 12.1. The van der Waals surface area contributed by atoms with E-state index in [4.69, 9.17) is 4.74 Å². The Morgan fingerprint density at radius 2 is 1.50 bits per heavy atom. The number of carbonyl (C=O) groups excluding carboxylic acids is 1. The van der Waals surface area contributed by atoms with Crippen LogP contribution in [-0.2, 0) is 4.79 Å². The third kappa shape index (κ3) is 3.96. The molecule has 4 heteroatoms. The first-order valence-corrected chi connectivity index (χ1v) is 5.24. The molecule has 2 rings (SSSR count). The number of aliphatic carboxylic acids is 1. The molecule has 2 aromatic rings. The van der Waals surface area contributed by atoms with Gasteiger partial charge in [0.2, 0.25) is 0 Å². The number of hydrogen-bond donors (Lipinski definition) is 0. The predicted molar refractivity (Wildman–Crippen MR) is 62.4 cm³/mol. The van der Waals surface area contributed by atoms with Gasteiger partial charge in [-0.1, -0.05) is 42.5 Å². The van der Waals surface area contributed by atoms with Crippen molar-refractivity contribution in [2.45, 2.75) is 0 Å². The Labute approximate surface area is 118 Å². The number of rotatable bonds is 4. The minimum Gasteiger partial charge on any atom is -0.546 e. The van der Waals surface area contributed by atoms with E-state index in [2.05, 4.69) is 0 Å². The molecule has 0 amide bonds. The van der Waals surface area contributed by atoms with Gasteiger partial charge < -0.3 is 14.6 Å². The molecule has 18 heavy (non-hydrogen) atoms. The summed E-state index contributed by atoms with van der Waals surface area (Å²) in [4.78, 5) is 10.2. The number of benzene rings is 2. The standard InChI is InChI=1S/C14H12O3.Li/c15-14(16)10-17-13-8-6-12(7-9-13)11-4-2-1-3-5-11;/h1-9H,10H2,(H,15,16);/q;+1/p-1. The van der Waals surface area contributed by atoms with Crippen LogP contribution in [0.2, 0.25) is 0 Å². The molecule has 0 aliphatic heterocycles. The van der Waals surface area contributed by atoms with Crippen LogP contribution < -0.4 is 28.7 Å². The van der Waals surface area contributed by atoms with Gasteiger partial charge in [-0.2, -0.15) is 0 Å². The van der Waals surface area contributed by atoms with Crippen molar-refractivity contribution in [2.75, 3.05) is 6.61 Å². The maximum Gasteiger partial charge on any atom is 1.00 e. The number of carboxylic acid groups (broad SMARTS) is 1. The van der Waals surface area contributed by atoms with Crippen molar-refractivity contribution in [3.63, 3.8) is 0 Å². The second kappa shape index (κ2) is 6.90. The van der Waals surface area contributed by atoms with Crippen molar-refractivity contribution in [1.82, 2.24) is 0 Å². The second-order valence-electron chi connectivity index (χ2n) is 3.55. The molecule has 0 atom stereocenters. The van der Waals surface area contributed by atoms with Crippen molar-refractivity contribution in [3.8, 4) is 16.9 Å². The summed E-state index contributed by atoms with van der Waals surface area (Å²) in [5.74, 6) is -0.703. The van der Waals surface area contributed by atoms with Crippen molar-refractivity contribution < 1.29 is 33.5 Å². The summed E-state index contributed by atoms with van der Waals surface area (Å²) in [6.07, 6.45) is 0. The first-order valence-electron chi connectivity index (χ1n) is 5.24. The number of ether oxygens (including phenoxy) is 1. The average molecular weight is 234 g/mol. The third-order valence-corrected chi connectivity index (χ3v) is 2.32. The Hall–Kier alpha value is -1.69. The molecule has 2 aromatic carbocycles. The zero-order valence-corrected chi connectivity index (χ0v) is 10.1. The van der Waals surface area contributed by atoms with Crippen molar-refractivity contribution in [3.05, 3.63) is 54.6 Å². The van der Waals surface area contributed by atoms with Crippen LogP contribution in [0.3, 0.4) is 0 Å². The molecule has 0 fully saturated rings. The largest absolute Gasteiger partial charge is 1.00 e. The van der Waals surface area contributed by atoms with Gasteiger partial charge in [-0.25, -0.2) is 0 Å². The average Bonchev–Trinajstić information content (AvgIpc) is 2.38. The summed E-state index contributed by atoms with van der Waals surface area (Å²) in [5, 5.41) is 10.2. The van der Waals surface area contributed by atoms with Crippen LogP contribution in [0, 0.1) is 0 Å². The van der Waals surface area contributed by atoms with Crippen LogP contribution in [0.1, 0.15) is 0 Å². The first-order chi connectivity index (χ1) is 8.25. The van der Waals surface area contributed by atoms with Crippen molar-refractivity contribution in [1.29, 1.82) is 0 Å². The second-order valence-corrected chi connectivity index (χ2v) is 3.55. The number of carbonyl (C=O) groups is 1. The van der Waals surface area contributed by atoms with Crippen LogP contribution in [0.5, 0.6) is 5.75 Å². The summed E-state index contributed by atoms with van der Waals surface area (Å²) < 4.78 is 5.00. The quantitative estimate of drug-likeness (QED) is 0.604. The molecule has 0 saturated heterocycles. The van der Waals surface area contributed by atoms with Gasteiger partial charge in [-0.15, -0.1) is 0 Å². The van der Waals surface area contributed by atoms with E-state index in [-0.39, 0.29) is 18.9 Å². The van der Waals surface area contributed by atoms with Crippen molar-refractivity contribution in [2.24, 2.45) is 0 Å². The van der Waals surface area contributed by atoms with Gasteiger partial charge in [-0.3, -0.25) is 0 Å². The fourth-order valence-corrected chi connectivity index (χ4v) is 1.52. The van der Waals surface area contributed by atoms with Crippen LogP contribution in [0.4, 0.5) is 0 Å². The van der Waals surface area contributed by atoms with E-state index in [9.17, 15) is 9.90 Å². The summed E-state index contributed by atoms with van der Waals surface area (Å²) in [6, 6.07) is 17.2. The van der Waals surface area contributed by atoms with E-state index in [0.29, 0.717) is 5.75 Å². The molecule has 0 unspecified atom stereocenters. The summed E-state index contributed by atoms with van der Waals surface area (Å²) in [6.45, 7) is -0.426. The molecule has 0 aromatic heterocycles. The molecule has 0 radical (unpaired) electrons. The zero-order valence-electron chi connectivity index (χ0n) is 10.1. The van der Waals surface area contributed by atoms with E-state index in [1.165, 1.54) is 0 Å². The minimum absolute atomic E-state index is 0. The molecular formula is C14H11LiO3. The fraction of sp³-hybridized carbons (Fsp3) is 0.0714. The maximum atomic E-state index is 10.2.